The minimum atomic E-state index is 0.252. The van der Waals surface area contributed by atoms with Gasteiger partial charge in [-0.3, -0.25) is 0 Å². The Morgan fingerprint density at radius 1 is 1.03 bits per heavy atom. The summed E-state index contributed by atoms with van der Waals surface area (Å²) in [6, 6.07) is 4.17. The van der Waals surface area contributed by atoms with Crippen molar-refractivity contribution in [1.82, 2.24) is 29.4 Å². The van der Waals surface area contributed by atoms with Crippen molar-refractivity contribution >= 4 is 28.6 Å². The van der Waals surface area contributed by atoms with Crippen molar-refractivity contribution in [2.45, 2.75) is 64.7 Å². The molecule has 10 heteroatoms. The molecule has 0 spiro atoms. The van der Waals surface area contributed by atoms with Crippen LogP contribution in [0.3, 0.4) is 0 Å². The van der Waals surface area contributed by atoms with Gasteiger partial charge in [0.05, 0.1) is 24.4 Å². The Morgan fingerprint density at radius 3 is 2.59 bits per heavy atom. The Balaban J connectivity index is 1.26. The van der Waals surface area contributed by atoms with Gasteiger partial charge in [-0.25, -0.2) is 15.0 Å². The number of aromatic nitrogens is 5. The average Bonchev–Trinajstić information content (AvgIpc) is 3.30. The van der Waals surface area contributed by atoms with Gasteiger partial charge in [0, 0.05) is 45.0 Å². The van der Waals surface area contributed by atoms with Crippen molar-refractivity contribution in [3.63, 3.8) is 0 Å². The number of ether oxygens (including phenoxy) is 2. The molecule has 37 heavy (non-hydrogen) atoms. The third kappa shape index (κ3) is 6.37. The number of hydrogen-bond donors (Lipinski definition) is 1. The van der Waals surface area contributed by atoms with E-state index in [9.17, 15) is 0 Å². The lowest BCUT2D eigenvalue weighted by Gasteiger charge is -2.31. The number of hydrogen-bond acceptors (Lipinski definition) is 9. The van der Waals surface area contributed by atoms with E-state index in [2.05, 4.69) is 43.5 Å². The summed E-state index contributed by atoms with van der Waals surface area (Å²) in [6.07, 6.45) is 9.87. The summed E-state index contributed by atoms with van der Waals surface area (Å²) in [5, 5.41) is 3.37. The molecule has 0 radical (unpaired) electrons. The van der Waals surface area contributed by atoms with Crippen LogP contribution in [0.2, 0.25) is 0 Å². The molecule has 3 aromatic rings. The highest BCUT2D eigenvalue weighted by atomic mass is 16.5. The van der Waals surface area contributed by atoms with Gasteiger partial charge in [0.15, 0.2) is 0 Å². The fraction of sp³-hybridized carbons (Fsp3) is 0.630. The fourth-order valence-corrected chi connectivity index (χ4v) is 5.33. The summed E-state index contributed by atoms with van der Waals surface area (Å²) in [6.45, 7) is 10.7. The van der Waals surface area contributed by atoms with Gasteiger partial charge in [0.1, 0.15) is 29.6 Å². The van der Waals surface area contributed by atoms with Gasteiger partial charge in [0.25, 0.3) is 0 Å². The summed E-state index contributed by atoms with van der Waals surface area (Å²) in [5.41, 5.74) is 1.91. The molecular formula is C27H40N8O2. The maximum Gasteiger partial charge on any atom is 0.227 e. The summed E-state index contributed by atoms with van der Waals surface area (Å²) in [4.78, 5) is 23.4. The van der Waals surface area contributed by atoms with Crippen LogP contribution in [-0.2, 0) is 16.1 Å². The van der Waals surface area contributed by atoms with E-state index in [1.54, 1.807) is 13.3 Å². The molecule has 0 amide bonds. The molecule has 0 saturated carbocycles. The Bertz CT molecular complexity index is 1150. The van der Waals surface area contributed by atoms with E-state index in [-0.39, 0.29) is 6.04 Å². The normalized spacial score (nSPS) is 17.7. The molecule has 10 nitrogen and oxygen atoms in total. The largest absolute Gasteiger partial charge is 0.381 e. The van der Waals surface area contributed by atoms with Crippen LogP contribution in [0.25, 0.3) is 11.0 Å². The first-order chi connectivity index (χ1) is 18.1. The van der Waals surface area contributed by atoms with Crippen LogP contribution in [0.15, 0.2) is 24.5 Å². The lowest BCUT2D eigenvalue weighted by molar-refractivity contribution is 0.0807. The van der Waals surface area contributed by atoms with Crippen LogP contribution in [0.1, 0.15) is 57.8 Å². The van der Waals surface area contributed by atoms with Crippen molar-refractivity contribution in [1.29, 1.82) is 0 Å². The lowest BCUT2D eigenvalue weighted by Crippen LogP contribution is -2.37. The number of anilines is 3. The summed E-state index contributed by atoms with van der Waals surface area (Å²) in [5.74, 6) is 3.13. The second-order valence-electron chi connectivity index (χ2n) is 10.3. The number of imidazole rings is 1. The molecule has 5 heterocycles. The lowest BCUT2D eigenvalue weighted by atomic mass is 10.1. The zero-order chi connectivity index (χ0) is 25.6. The van der Waals surface area contributed by atoms with Gasteiger partial charge in [-0.2, -0.15) is 4.98 Å². The predicted molar refractivity (Wildman–Crippen MR) is 145 cm³/mol. The number of likely N-dealkylation sites (tertiary alicyclic amines) is 1. The Hall–Kier alpha value is -2.82. The second kappa shape index (κ2) is 12.1. The van der Waals surface area contributed by atoms with Crippen molar-refractivity contribution < 1.29 is 9.47 Å². The predicted octanol–water partition coefficient (Wildman–Crippen LogP) is 4.16. The van der Waals surface area contributed by atoms with Gasteiger partial charge < -0.3 is 29.2 Å². The van der Waals surface area contributed by atoms with Crippen LogP contribution in [-0.4, -0.2) is 81.9 Å². The van der Waals surface area contributed by atoms with E-state index in [1.807, 2.05) is 18.3 Å². The number of pyridine rings is 1. The van der Waals surface area contributed by atoms with Crippen molar-refractivity contribution in [2.24, 2.45) is 0 Å². The van der Waals surface area contributed by atoms with E-state index >= 15 is 0 Å². The number of nitrogens with one attached hydrogen (secondary N) is 1. The third-order valence-corrected chi connectivity index (χ3v) is 7.35. The zero-order valence-corrected chi connectivity index (χ0v) is 22.4. The smallest absolute Gasteiger partial charge is 0.227 e. The van der Waals surface area contributed by atoms with E-state index in [1.165, 1.54) is 32.4 Å². The van der Waals surface area contributed by atoms with E-state index in [0.717, 1.165) is 73.5 Å². The van der Waals surface area contributed by atoms with Gasteiger partial charge in [-0.1, -0.05) is 6.42 Å². The molecule has 1 N–H and O–H groups in total. The highest BCUT2D eigenvalue weighted by Crippen LogP contribution is 2.25. The SMILES string of the molecule is COC1CCN(c2nccc(Nc3cc4c(cn3)nc(COCCN3CCCCC3)n4C(C)C)n2)CC1. The standard InChI is InChI=1S/C27H40N8O2/c1-20(2)35-23-17-25(31-24-7-10-28-27(32-24)34-13-8-21(36-3)9-14-34)29-18-22(23)30-26(35)19-37-16-15-33-11-5-4-6-12-33/h7,10,17-18,20-21H,4-6,8-9,11-16,19H2,1-3H3,(H,28,29,31,32). The monoisotopic (exact) mass is 508 g/mol. The van der Waals surface area contributed by atoms with Crippen LogP contribution >= 0.6 is 0 Å². The first-order valence-corrected chi connectivity index (χ1v) is 13.7. The second-order valence-corrected chi connectivity index (χ2v) is 10.3. The third-order valence-electron chi connectivity index (χ3n) is 7.35. The van der Waals surface area contributed by atoms with E-state index in [0.29, 0.717) is 12.7 Å². The van der Waals surface area contributed by atoms with Crippen LogP contribution in [0, 0.1) is 0 Å². The highest BCUT2D eigenvalue weighted by molar-refractivity contribution is 5.79. The number of nitrogens with zero attached hydrogens (tertiary/aromatic N) is 7. The Labute approximate surface area is 219 Å². The number of piperidine rings is 2. The van der Waals surface area contributed by atoms with Gasteiger partial charge in [-0.15, -0.1) is 0 Å². The Kier molecular flexibility index (Phi) is 8.48. The minimum absolute atomic E-state index is 0.252. The van der Waals surface area contributed by atoms with E-state index in [4.69, 9.17) is 19.4 Å². The molecule has 2 aliphatic rings. The van der Waals surface area contributed by atoms with Crippen LogP contribution in [0.4, 0.5) is 17.6 Å². The van der Waals surface area contributed by atoms with Crippen molar-refractivity contribution in [3.8, 4) is 0 Å². The molecule has 3 aromatic heterocycles. The van der Waals surface area contributed by atoms with E-state index < -0.39 is 0 Å². The van der Waals surface area contributed by atoms with Gasteiger partial charge in [0.2, 0.25) is 5.95 Å². The first kappa shape index (κ1) is 25.8. The minimum Gasteiger partial charge on any atom is -0.381 e. The molecule has 5 rings (SSSR count). The highest BCUT2D eigenvalue weighted by Gasteiger charge is 2.21. The van der Waals surface area contributed by atoms with Crippen molar-refractivity contribution in [3.05, 3.63) is 30.4 Å². The molecule has 0 bridgehead atoms. The molecule has 0 aliphatic carbocycles. The molecule has 2 aliphatic heterocycles. The molecule has 0 aromatic carbocycles. The van der Waals surface area contributed by atoms with Crippen LogP contribution < -0.4 is 10.2 Å². The quantitative estimate of drug-likeness (QED) is 0.405. The van der Waals surface area contributed by atoms with Crippen molar-refractivity contribution in [2.75, 3.05) is 56.7 Å². The maximum absolute atomic E-state index is 6.06. The summed E-state index contributed by atoms with van der Waals surface area (Å²) >= 11 is 0. The first-order valence-electron chi connectivity index (χ1n) is 13.7. The molecule has 2 fully saturated rings. The number of rotatable bonds is 10. The van der Waals surface area contributed by atoms with Gasteiger partial charge in [-0.05, 0) is 58.7 Å². The summed E-state index contributed by atoms with van der Waals surface area (Å²) in [7, 11) is 1.78. The molecule has 2 saturated heterocycles. The molecular weight excluding hydrogens is 468 g/mol. The summed E-state index contributed by atoms with van der Waals surface area (Å²) < 4.78 is 13.8. The topological polar surface area (TPSA) is 93.5 Å². The number of fused-ring (bicyclic) bond motifs is 1. The fourth-order valence-electron chi connectivity index (χ4n) is 5.33. The molecule has 200 valence electrons. The zero-order valence-electron chi connectivity index (χ0n) is 22.4. The van der Waals surface area contributed by atoms with Crippen LogP contribution in [0.5, 0.6) is 0 Å². The number of methoxy groups -OCH3 is 1. The average molecular weight is 509 g/mol. The molecule has 0 atom stereocenters. The molecule has 0 unspecified atom stereocenters. The maximum atomic E-state index is 6.06. The van der Waals surface area contributed by atoms with Gasteiger partial charge >= 0.3 is 0 Å². The Morgan fingerprint density at radius 2 is 1.84 bits per heavy atom.